The van der Waals surface area contributed by atoms with Gasteiger partial charge in [-0.05, 0) is 36.7 Å². The number of hydrogen-bond donors (Lipinski definition) is 0. The van der Waals surface area contributed by atoms with Crippen LogP contribution in [0, 0.1) is 0 Å². The summed E-state index contributed by atoms with van der Waals surface area (Å²) < 4.78 is 20.8. The summed E-state index contributed by atoms with van der Waals surface area (Å²) in [5, 5.41) is 3.66. The molecule has 25 heavy (non-hydrogen) atoms. The highest BCUT2D eigenvalue weighted by Crippen LogP contribution is 2.35. The van der Waals surface area contributed by atoms with E-state index in [0.717, 1.165) is 5.57 Å². The second-order valence-electron chi connectivity index (χ2n) is 5.73. The van der Waals surface area contributed by atoms with Crippen LogP contribution in [-0.4, -0.2) is 24.0 Å². The molecule has 0 unspecified atom stereocenters. The Bertz CT molecular complexity index is 860. The van der Waals surface area contributed by atoms with E-state index in [9.17, 15) is 9.59 Å². The van der Waals surface area contributed by atoms with E-state index in [1.54, 1.807) is 38.1 Å². The fourth-order valence-electron chi connectivity index (χ4n) is 2.36. The smallest absolute Gasteiger partial charge is 0.311 e. The number of hydrogen-bond acceptors (Lipinski definition) is 7. The van der Waals surface area contributed by atoms with Crippen LogP contribution in [0.15, 0.2) is 40.1 Å². The molecule has 2 aromatic rings. The Balaban J connectivity index is 1.62. The number of ketones is 1. The third-order valence-corrected chi connectivity index (χ3v) is 3.62. The molecule has 0 N–H and O–H groups in total. The van der Waals surface area contributed by atoms with Gasteiger partial charge < -0.3 is 18.7 Å². The number of Topliss-reactive ketones (excluding diaryl/α,β-unsaturated/α-hetero) is 1. The lowest BCUT2D eigenvalue weighted by Crippen LogP contribution is -2.08. The molecule has 0 saturated carbocycles. The number of rotatable bonds is 5. The fraction of sp³-hybridized carbons (Fsp3) is 0.278. The molecule has 0 amide bonds. The van der Waals surface area contributed by atoms with Gasteiger partial charge >= 0.3 is 5.97 Å². The molecule has 130 valence electrons. The largest absolute Gasteiger partial charge is 0.479 e. The monoisotopic (exact) mass is 343 g/mol. The number of carbonyl (C=O) groups is 2. The lowest BCUT2D eigenvalue weighted by atomic mass is 10.1. The van der Waals surface area contributed by atoms with Gasteiger partial charge in [0.1, 0.15) is 17.3 Å². The molecule has 2 heterocycles. The van der Waals surface area contributed by atoms with Gasteiger partial charge in [0, 0.05) is 18.6 Å². The molecule has 0 fully saturated rings. The first-order valence-corrected chi connectivity index (χ1v) is 7.72. The maximum atomic E-state index is 12.1. The number of fused-ring (bicyclic) bond motifs is 1. The van der Waals surface area contributed by atoms with E-state index < -0.39 is 5.97 Å². The summed E-state index contributed by atoms with van der Waals surface area (Å²) in [7, 11) is 1.48. The van der Waals surface area contributed by atoms with E-state index in [4.69, 9.17) is 18.7 Å². The zero-order valence-electron chi connectivity index (χ0n) is 14.1. The Kier molecular flexibility index (Phi) is 4.56. The summed E-state index contributed by atoms with van der Waals surface area (Å²) in [6.07, 6.45) is 0.464. The van der Waals surface area contributed by atoms with E-state index in [0.29, 0.717) is 40.9 Å². The summed E-state index contributed by atoms with van der Waals surface area (Å²) in [4.78, 5) is 24.1. The topological polar surface area (TPSA) is 87.9 Å². The first-order chi connectivity index (χ1) is 12.0. The van der Waals surface area contributed by atoms with Crippen molar-refractivity contribution in [2.45, 2.75) is 26.7 Å². The van der Waals surface area contributed by atoms with Gasteiger partial charge in [-0.3, -0.25) is 9.59 Å². The lowest BCUT2D eigenvalue weighted by molar-refractivity contribution is -0.134. The third kappa shape index (κ3) is 3.55. The van der Waals surface area contributed by atoms with Gasteiger partial charge in [-0.2, -0.15) is 0 Å². The lowest BCUT2D eigenvalue weighted by Gasteiger charge is -2.05. The predicted molar refractivity (Wildman–Crippen MR) is 86.8 cm³/mol. The van der Waals surface area contributed by atoms with E-state index in [1.165, 1.54) is 7.11 Å². The van der Waals surface area contributed by atoms with Gasteiger partial charge in [0.2, 0.25) is 5.78 Å². The van der Waals surface area contributed by atoms with Crippen LogP contribution >= 0.6 is 0 Å². The number of nitrogens with zero attached hydrogens (tertiary/aromatic N) is 1. The van der Waals surface area contributed by atoms with Gasteiger partial charge in [0.15, 0.2) is 5.76 Å². The van der Waals surface area contributed by atoms with Crippen molar-refractivity contribution in [3.05, 3.63) is 46.9 Å². The van der Waals surface area contributed by atoms with Crippen LogP contribution in [0.3, 0.4) is 0 Å². The van der Waals surface area contributed by atoms with Crippen LogP contribution in [0.4, 0.5) is 0 Å². The minimum Gasteiger partial charge on any atom is -0.479 e. The molecule has 1 aliphatic rings. The van der Waals surface area contributed by atoms with Crippen molar-refractivity contribution in [3.8, 4) is 17.4 Å². The summed E-state index contributed by atoms with van der Waals surface area (Å²) in [6.45, 7) is 3.61. The Labute approximate surface area is 144 Å². The van der Waals surface area contributed by atoms with Gasteiger partial charge in [-0.25, -0.2) is 0 Å². The van der Waals surface area contributed by atoms with Crippen molar-refractivity contribution in [1.29, 1.82) is 0 Å². The quantitative estimate of drug-likeness (QED) is 0.468. The predicted octanol–water partition coefficient (Wildman–Crippen LogP) is 3.09. The van der Waals surface area contributed by atoms with Gasteiger partial charge in [0.05, 0.1) is 19.1 Å². The number of carbonyl (C=O) groups excluding carboxylic acids is 2. The average Bonchev–Trinajstić information content (AvgIpc) is 3.17. The zero-order valence-corrected chi connectivity index (χ0v) is 14.1. The van der Waals surface area contributed by atoms with Crippen LogP contribution in [-0.2, 0) is 11.2 Å². The van der Waals surface area contributed by atoms with Gasteiger partial charge in [-0.15, -0.1) is 0 Å². The Morgan fingerprint density at radius 3 is 2.72 bits per heavy atom. The molecule has 0 aliphatic carbocycles. The molecule has 1 aliphatic heterocycles. The van der Waals surface area contributed by atoms with Crippen LogP contribution < -0.4 is 14.2 Å². The number of esters is 1. The highest BCUT2D eigenvalue weighted by molar-refractivity contribution is 6.12. The molecule has 0 atom stereocenters. The van der Waals surface area contributed by atoms with E-state index >= 15 is 0 Å². The van der Waals surface area contributed by atoms with Gasteiger partial charge in [-0.1, -0.05) is 0 Å². The number of benzene rings is 1. The van der Waals surface area contributed by atoms with Crippen molar-refractivity contribution in [2.75, 3.05) is 7.11 Å². The second-order valence-corrected chi connectivity index (χ2v) is 5.73. The minimum atomic E-state index is -0.429. The van der Waals surface area contributed by atoms with Crippen molar-refractivity contribution in [2.24, 2.45) is 0 Å². The van der Waals surface area contributed by atoms with E-state index in [1.807, 2.05) is 0 Å². The summed E-state index contributed by atoms with van der Waals surface area (Å²) in [6, 6.07) is 6.32. The third-order valence-electron chi connectivity index (χ3n) is 3.62. The number of aryl methyl sites for hydroxylation is 1. The summed E-state index contributed by atoms with van der Waals surface area (Å²) in [5.41, 5.74) is 1.26. The summed E-state index contributed by atoms with van der Waals surface area (Å²) in [5.74, 6) is 1.34. The highest BCUT2D eigenvalue weighted by atomic mass is 16.5. The van der Waals surface area contributed by atoms with E-state index in [2.05, 4.69) is 5.16 Å². The van der Waals surface area contributed by atoms with Crippen molar-refractivity contribution >= 4 is 11.8 Å². The minimum absolute atomic E-state index is 0.119. The van der Waals surface area contributed by atoms with Crippen molar-refractivity contribution in [3.63, 3.8) is 0 Å². The number of allylic oxidation sites excluding steroid dienone is 2. The Morgan fingerprint density at radius 1 is 1.24 bits per heavy atom. The molecule has 7 heteroatoms. The Morgan fingerprint density at radius 2 is 2.04 bits per heavy atom. The molecule has 1 aromatic heterocycles. The van der Waals surface area contributed by atoms with E-state index in [-0.39, 0.29) is 12.2 Å². The normalized spacial score (nSPS) is 12.6. The number of ether oxygens (including phenoxy) is 3. The maximum Gasteiger partial charge on any atom is 0.311 e. The summed E-state index contributed by atoms with van der Waals surface area (Å²) >= 11 is 0. The molecule has 0 bridgehead atoms. The number of aromatic nitrogens is 1. The van der Waals surface area contributed by atoms with Crippen LogP contribution in [0.25, 0.3) is 0 Å². The molecule has 7 nitrogen and oxygen atoms in total. The molecular weight excluding hydrogens is 326 g/mol. The molecule has 3 rings (SSSR count). The first-order valence-electron chi connectivity index (χ1n) is 7.72. The van der Waals surface area contributed by atoms with Crippen LogP contribution in [0.5, 0.6) is 17.4 Å². The Hall–Kier alpha value is -3.09. The van der Waals surface area contributed by atoms with Crippen LogP contribution in [0.1, 0.15) is 36.4 Å². The van der Waals surface area contributed by atoms with Crippen molar-refractivity contribution < 1.29 is 28.3 Å². The second kappa shape index (κ2) is 6.80. The molecular formula is C18H17NO6. The average molecular weight is 343 g/mol. The molecule has 0 saturated heterocycles. The standard InChI is InChI=1S/C18H17NO6/c1-10(2)18-17(21)13-6-4-11(8-14(13)24-18)23-16(20)7-5-12-9-15(22-3)19-25-12/h4,6,8-9H,5,7H2,1-3H3. The van der Waals surface area contributed by atoms with Crippen LogP contribution in [0.2, 0.25) is 0 Å². The number of methoxy groups -OCH3 is 1. The molecule has 1 aromatic carbocycles. The molecule has 0 radical (unpaired) electrons. The fourth-order valence-corrected chi connectivity index (χ4v) is 2.36. The SMILES string of the molecule is COc1cc(CCC(=O)Oc2ccc3c(c2)OC(=C(C)C)C3=O)on1. The highest BCUT2D eigenvalue weighted by Gasteiger charge is 2.28. The zero-order chi connectivity index (χ0) is 18.0. The molecule has 0 spiro atoms. The van der Waals surface area contributed by atoms with Gasteiger partial charge in [0.25, 0.3) is 5.88 Å². The maximum absolute atomic E-state index is 12.1. The van der Waals surface area contributed by atoms with Crippen molar-refractivity contribution in [1.82, 2.24) is 5.16 Å². The first kappa shape index (κ1) is 16.8.